The van der Waals surface area contributed by atoms with Crippen molar-refractivity contribution in [1.82, 2.24) is 19.9 Å². The van der Waals surface area contributed by atoms with Gasteiger partial charge in [-0.05, 0) is 54.7 Å². The average molecular weight is 310 g/mol. The summed E-state index contributed by atoms with van der Waals surface area (Å²) in [6.07, 6.45) is 5.98. The molecule has 0 saturated carbocycles. The van der Waals surface area contributed by atoms with Gasteiger partial charge in [-0.3, -0.25) is 4.40 Å². The summed E-state index contributed by atoms with van der Waals surface area (Å²) in [5, 5.41) is 12.0. The first-order valence-electron chi connectivity index (χ1n) is 8.11. The molecule has 4 nitrogen and oxygen atoms in total. The van der Waals surface area contributed by atoms with Crippen molar-refractivity contribution in [3.8, 4) is 0 Å². The largest absolute Gasteiger partial charge is 0.309 e. The number of pyridine rings is 1. The molecule has 0 aliphatic heterocycles. The molecule has 5 heteroatoms. The summed E-state index contributed by atoms with van der Waals surface area (Å²) in [5.41, 5.74) is 3.26. The molecule has 0 spiro atoms. The molecule has 2 aromatic heterocycles. The number of benzene rings is 1. The minimum atomic E-state index is -0.140. The highest BCUT2D eigenvalue weighted by atomic mass is 19.1. The molecule has 1 N–H and O–H groups in total. The van der Waals surface area contributed by atoms with E-state index in [1.54, 1.807) is 12.1 Å². The van der Waals surface area contributed by atoms with E-state index in [-0.39, 0.29) is 5.82 Å². The Hall–Kier alpha value is -2.27. The predicted octanol–water partition coefficient (Wildman–Crippen LogP) is 3.08. The Bertz CT molecular complexity index is 827. The summed E-state index contributed by atoms with van der Waals surface area (Å²) in [6, 6.07) is 11.4. The third-order valence-corrected chi connectivity index (χ3v) is 4.54. The molecule has 4 rings (SSSR count). The maximum absolute atomic E-state index is 13.4. The highest BCUT2D eigenvalue weighted by molar-refractivity contribution is 5.37. The SMILES string of the molecule is Fc1ccc2c(c1)CCC[C@H]2NCCc1nnc2ccccn12. The zero-order valence-corrected chi connectivity index (χ0v) is 12.9. The molecule has 0 radical (unpaired) electrons. The van der Waals surface area contributed by atoms with Crippen molar-refractivity contribution in [2.24, 2.45) is 0 Å². The first-order valence-corrected chi connectivity index (χ1v) is 8.11. The second-order valence-corrected chi connectivity index (χ2v) is 6.04. The smallest absolute Gasteiger partial charge is 0.160 e. The van der Waals surface area contributed by atoms with E-state index >= 15 is 0 Å². The van der Waals surface area contributed by atoms with Gasteiger partial charge in [-0.15, -0.1) is 10.2 Å². The maximum atomic E-state index is 13.4. The maximum Gasteiger partial charge on any atom is 0.160 e. The van der Waals surface area contributed by atoms with Crippen molar-refractivity contribution in [2.75, 3.05) is 6.54 Å². The Labute approximate surface area is 134 Å². The Morgan fingerprint density at radius 2 is 2.17 bits per heavy atom. The Morgan fingerprint density at radius 1 is 1.22 bits per heavy atom. The molecular weight excluding hydrogens is 291 g/mol. The fraction of sp³-hybridized carbons (Fsp3) is 0.333. The third kappa shape index (κ3) is 2.84. The lowest BCUT2D eigenvalue weighted by atomic mass is 9.87. The lowest BCUT2D eigenvalue weighted by molar-refractivity contribution is 0.458. The summed E-state index contributed by atoms with van der Waals surface area (Å²) in [5.74, 6) is 0.822. The van der Waals surface area contributed by atoms with Gasteiger partial charge in [0.05, 0.1) is 0 Å². The van der Waals surface area contributed by atoms with Gasteiger partial charge in [0.25, 0.3) is 0 Å². The van der Waals surface area contributed by atoms with Crippen molar-refractivity contribution in [2.45, 2.75) is 31.7 Å². The lowest BCUT2D eigenvalue weighted by Gasteiger charge is -2.26. The van der Waals surface area contributed by atoms with Crippen LogP contribution in [0.15, 0.2) is 42.6 Å². The summed E-state index contributed by atoms with van der Waals surface area (Å²) in [6.45, 7) is 0.831. The molecule has 0 fully saturated rings. The van der Waals surface area contributed by atoms with Gasteiger partial charge in [0.2, 0.25) is 0 Å². The fourth-order valence-corrected chi connectivity index (χ4v) is 3.41. The minimum absolute atomic E-state index is 0.140. The number of aromatic nitrogens is 3. The van der Waals surface area contributed by atoms with Gasteiger partial charge in [-0.1, -0.05) is 12.1 Å². The van der Waals surface area contributed by atoms with E-state index in [4.69, 9.17) is 0 Å². The fourth-order valence-electron chi connectivity index (χ4n) is 3.41. The van der Waals surface area contributed by atoms with E-state index in [2.05, 4.69) is 15.5 Å². The summed E-state index contributed by atoms with van der Waals surface area (Å²) >= 11 is 0. The Kier molecular flexibility index (Phi) is 3.79. The van der Waals surface area contributed by atoms with Crippen LogP contribution in [0.3, 0.4) is 0 Å². The number of hydrogen-bond donors (Lipinski definition) is 1. The molecule has 0 saturated heterocycles. The number of aryl methyl sites for hydroxylation is 1. The molecule has 1 aliphatic carbocycles. The van der Waals surface area contributed by atoms with Crippen LogP contribution in [0.4, 0.5) is 4.39 Å². The van der Waals surface area contributed by atoms with Gasteiger partial charge in [-0.2, -0.15) is 0 Å². The predicted molar refractivity (Wildman–Crippen MR) is 86.8 cm³/mol. The van der Waals surface area contributed by atoms with Crippen LogP contribution >= 0.6 is 0 Å². The van der Waals surface area contributed by atoms with Crippen LogP contribution in [0.5, 0.6) is 0 Å². The van der Waals surface area contributed by atoms with Crippen molar-refractivity contribution < 1.29 is 4.39 Å². The van der Waals surface area contributed by atoms with Gasteiger partial charge >= 0.3 is 0 Å². The molecule has 1 aliphatic rings. The minimum Gasteiger partial charge on any atom is -0.309 e. The van der Waals surface area contributed by atoms with Crippen molar-refractivity contribution in [3.63, 3.8) is 0 Å². The molecule has 2 heterocycles. The molecule has 1 aromatic carbocycles. The van der Waals surface area contributed by atoms with Gasteiger partial charge < -0.3 is 5.32 Å². The molecule has 3 aromatic rings. The zero-order valence-electron chi connectivity index (χ0n) is 12.9. The van der Waals surface area contributed by atoms with Gasteiger partial charge in [-0.25, -0.2) is 4.39 Å². The van der Waals surface area contributed by atoms with Crippen LogP contribution in [-0.2, 0) is 12.8 Å². The van der Waals surface area contributed by atoms with E-state index in [1.807, 2.05) is 34.9 Å². The summed E-state index contributed by atoms with van der Waals surface area (Å²) < 4.78 is 15.4. The Balaban J connectivity index is 1.44. The van der Waals surface area contributed by atoms with Crippen LogP contribution in [0.2, 0.25) is 0 Å². The van der Waals surface area contributed by atoms with E-state index in [9.17, 15) is 4.39 Å². The summed E-state index contributed by atoms with van der Waals surface area (Å²) in [7, 11) is 0. The molecule has 1 atom stereocenters. The molecule has 0 bridgehead atoms. The quantitative estimate of drug-likeness (QED) is 0.805. The van der Waals surface area contributed by atoms with Crippen LogP contribution in [0.25, 0.3) is 5.65 Å². The molecule has 0 amide bonds. The Morgan fingerprint density at radius 3 is 3.13 bits per heavy atom. The number of halogens is 1. The van der Waals surface area contributed by atoms with Crippen LogP contribution in [-0.4, -0.2) is 21.1 Å². The monoisotopic (exact) mass is 310 g/mol. The number of nitrogens with one attached hydrogen (secondary N) is 1. The van der Waals surface area contributed by atoms with E-state index in [1.165, 1.54) is 5.56 Å². The highest BCUT2D eigenvalue weighted by Gasteiger charge is 2.20. The lowest BCUT2D eigenvalue weighted by Crippen LogP contribution is -2.27. The van der Waals surface area contributed by atoms with E-state index < -0.39 is 0 Å². The third-order valence-electron chi connectivity index (χ3n) is 4.54. The van der Waals surface area contributed by atoms with Crippen molar-refractivity contribution in [1.29, 1.82) is 0 Å². The van der Waals surface area contributed by atoms with E-state index in [0.29, 0.717) is 6.04 Å². The molecule has 0 unspecified atom stereocenters. The first-order chi connectivity index (χ1) is 11.3. The normalized spacial score (nSPS) is 17.3. The van der Waals surface area contributed by atoms with Crippen molar-refractivity contribution in [3.05, 3.63) is 65.4 Å². The van der Waals surface area contributed by atoms with Crippen molar-refractivity contribution >= 4 is 5.65 Å². The number of hydrogen-bond acceptors (Lipinski definition) is 3. The van der Waals surface area contributed by atoms with Crippen LogP contribution in [0, 0.1) is 5.82 Å². The van der Waals surface area contributed by atoms with Gasteiger partial charge in [0, 0.05) is 25.2 Å². The van der Waals surface area contributed by atoms with Crippen LogP contribution in [0.1, 0.15) is 35.8 Å². The molecule has 23 heavy (non-hydrogen) atoms. The second-order valence-electron chi connectivity index (χ2n) is 6.04. The molecular formula is C18H19FN4. The van der Waals surface area contributed by atoms with Crippen LogP contribution < -0.4 is 5.32 Å². The standard InChI is InChI=1S/C18H19FN4/c19-14-7-8-15-13(12-14)4-3-5-16(15)20-10-9-18-22-21-17-6-1-2-11-23(17)18/h1-2,6-8,11-12,16,20H,3-5,9-10H2/t16-/m1/s1. The number of fused-ring (bicyclic) bond motifs is 2. The number of nitrogens with zero attached hydrogens (tertiary/aromatic N) is 3. The highest BCUT2D eigenvalue weighted by Crippen LogP contribution is 2.30. The van der Waals surface area contributed by atoms with Gasteiger partial charge in [0.1, 0.15) is 11.6 Å². The second kappa shape index (κ2) is 6.08. The topological polar surface area (TPSA) is 42.2 Å². The zero-order chi connectivity index (χ0) is 15.6. The van der Waals surface area contributed by atoms with Gasteiger partial charge in [0.15, 0.2) is 5.65 Å². The van der Waals surface area contributed by atoms with E-state index in [0.717, 1.165) is 49.3 Å². The number of rotatable bonds is 4. The average Bonchev–Trinajstić information content (AvgIpc) is 2.98. The summed E-state index contributed by atoms with van der Waals surface area (Å²) in [4.78, 5) is 0. The molecule has 118 valence electrons. The first kappa shape index (κ1) is 14.3.